The van der Waals surface area contributed by atoms with Gasteiger partial charge in [-0.05, 0) is 104 Å². The molecule has 1 N–H and O–H groups in total. The van der Waals surface area contributed by atoms with Crippen molar-refractivity contribution in [3.63, 3.8) is 0 Å². The van der Waals surface area contributed by atoms with Crippen LogP contribution in [0.25, 0.3) is 10.4 Å². The summed E-state index contributed by atoms with van der Waals surface area (Å²) < 4.78 is 36.3. The van der Waals surface area contributed by atoms with Crippen LogP contribution in [0.5, 0.6) is 0 Å². The molecule has 4 aliphatic rings. The van der Waals surface area contributed by atoms with Gasteiger partial charge in [0.25, 0.3) is 0 Å². The molecule has 29 heavy (non-hydrogen) atoms. The third kappa shape index (κ3) is 3.60. The van der Waals surface area contributed by atoms with Gasteiger partial charge in [-0.2, -0.15) is 8.42 Å². The van der Waals surface area contributed by atoms with E-state index in [0.29, 0.717) is 30.1 Å². The van der Waals surface area contributed by atoms with Gasteiger partial charge in [0, 0.05) is 11.0 Å². The zero-order valence-corrected chi connectivity index (χ0v) is 18.6. The second-order valence-electron chi connectivity index (χ2n) is 10.8. The number of nitrogens with zero attached hydrogens (tertiary/aromatic N) is 3. The van der Waals surface area contributed by atoms with Crippen molar-refractivity contribution >= 4 is 10.4 Å². The number of hydrogen-bond acceptors (Lipinski definition) is 4. The van der Waals surface area contributed by atoms with Gasteiger partial charge in [0.2, 0.25) is 0 Å². The van der Waals surface area contributed by atoms with Crippen molar-refractivity contribution in [3.8, 4) is 0 Å². The van der Waals surface area contributed by atoms with E-state index in [0.717, 1.165) is 31.6 Å². The van der Waals surface area contributed by atoms with E-state index in [1.165, 1.54) is 25.7 Å². The molecule has 9 atom stereocenters. The maximum absolute atomic E-state index is 11.2. The van der Waals surface area contributed by atoms with Crippen LogP contribution in [0.3, 0.4) is 0 Å². The van der Waals surface area contributed by atoms with Gasteiger partial charge in [-0.25, -0.2) is 4.18 Å². The van der Waals surface area contributed by atoms with Crippen LogP contribution in [-0.2, 0) is 14.6 Å². The van der Waals surface area contributed by atoms with Crippen molar-refractivity contribution < 1.29 is 17.2 Å². The molecule has 8 heteroatoms. The van der Waals surface area contributed by atoms with Crippen molar-refractivity contribution in [2.24, 2.45) is 45.5 Å². The highest BCUT2D eigenvalue weighted by Gasteiger charge is 2.60. The second kappa shape index (κ2) is 7.40. The largest absolute Gasteiger partial charge is 0.397 e. The highest BCUT2D eigenvalue weighted by molar-refractivity contribution is 7.80. The summed E-state index contributed by atoms with van der Waals surface area (Å²) in [5.74, 6) is 3.05. The predicted octanol–water partition coefficient (Wildman–Crippen LogP) is 5.53. The molecule has 0 unspecified atom stereocenters. The van der Waals surface area contributed by atoms with Gasteiger partial charge in [-0.15, -0.1) is 0 Å². The van der Waals surface area contributed by atoms with Crippen molar-refractivity contribution in [2.75, 3.05) is 0 Å². The fourth-order valence-corrected chi connectivity index (χ4v) is 8.99. The zero-order valence-electron chi connectivity index (χ0n) is 17.8. The zero-order chi connectivity index (χ0) is 21.0. The molecular formula is C21H35N3O4S. The lowest BCUT2D eigenvalue weighted by Gasteiger charge is -2.61. The summed E-state index contributed by atoms with van der Waals surface area (Å²) in [6.07, 6.45) is 9.16. The summed E-state index contributed by atoms with van der Waals surface area (Å²) in [4.78, 5) is 3.08. The number of rotatable bonds is 4. The molecule has 0 aromatic carbocycles. The Morgan fingerprint density at radius 3 is 2.45 bits per heavy atom. The molecular weight excluding hydrogens is 390 g/mol. The Bertz CT molecular complexity index is 798. The van der Waals surface area contributed by atoms with Crippen LogP contribution >= 0.6 is 0 Å². The third-order valence-corrected chi connectivity index (χ3v) is 10.3. The smallest absolute Gasteiger partial charge is 0.264 e. The van der Waals surface area contributed by atoms with E-state index in [-0.39, 0.29) is 23.0 Å². The average molecular weight is 426 g/mol. The SMILES string of the molecule is C[C@H](N=[N+]=[N-])[C@H]1CC[C@H]2[C@@H]3CC[C@@H]4C[C@H](OS(=O)(=O)O)CC[C@]4(C)[C@H]3CC[C@]12C. The van der Waals surface area contributed by atoms with E-state index in [4.69, 9.17) is 14.3 Å². The van der Waals surface area contributed by atoms with Crippen LogP contribution in [0.15, 0.2) is 5.11 Å². The lowest BCUT2D eigenvalue weighted by molar-refractivity contribution is -0.125. The van der Waals surface area contributed by atoms with E-state index in [1.807, 2.05) is 0 Å². The molecule has 0 heterocycles. The maximum Gasteiger partial charge on any atom is 0.397 e. The van der Waals surface area contributed by atoms with Gasteiger partial charge < -0.3 is 0 Å². The van der Waals surface area contributed by atoms with Crippen LogP contribution in [0, 0.1) is 40.4 Å². The standard InChI is InChI=1S/C21H35N3O4S/c1-13(23-24-22)17-6-7-18-16-5-4-14-12-15(28-29(25,26)27)8-10-20(14,2)19(16)9-11-21(17,18)3/h13-19H,4-12H2,1-3H3,(H,25,26,27)/t13-,14+,15+,16-,17+,18-,19-,20-,21+/m0/s1. The van der Waals surface area contributed by atoms with E-state index >= 15 is 0 Å². The van der Waals surface area contributed by atoms with Crippen LogP contribution in [0.4, 0.5) is 0 Å². The Hall–Kier alpha value is -0.820. The molecule has 0 aromatic rings. The molecule has 0 aliphatic heterocycles. The molecule has 164 valence electrons. The molecule has 0 spiro atoms. The fourth-order valence-electron chi connectivity index (χ4n) is 8.47. The maximum atomic E-state index is 11.2. The van der Waals surface area contributed by atoms with Gasteiger partial charge in [0.1, 0.15) is 0 Å². The van der Waals surface area contributed by atoms with Crippen molar-refractivity contribution in [3.05, 3.63) is 10.4 Å². The van der Waals surface area contributed by atoms with Crippen molar-refractivity contribution in [1.29, 1.82) is 0 Å². The van der Waals surface area contributed by atoms with E-state index in [1.54, 1.807) is 0 Å². The third-order valence-electron chi connectivity index (χ3n) is 9.76. The summed E-state index contributed by atoms with van der Waals surface area (Å²) in [6.45, 7) is 6.95. The number of hydrogen-bond donors (Lipinski definition) is 1. The molecule has 4 fully saturated rings. The summed E-state index contributed by atoms with van der Waals surface area (Å²) in [5.41, 5.74) is 9.42. The highest BCUT2D eigenvalue weighted by Crippen LogP contribution is 2.68. The molecule has 0 saturated heterocycles. The van der Waals surface area contributed by atoms with E-state index in [2.05, 4.69) is 30.8 Å². The minimum absolute atomic E-state index is 0.0616. The summed E-state index contributed by atoms with van der Waals surface area (Å²) in [5, 5.41) is 4.06. The first-order chi connectivity index (χ1) is 13.6. The number of fused-ring (bicyclic) bond motifs is 5. The minimum atomic E-state index is -4.38. The van der Waals surface area contributed by atoms with Gasteiger partial charge in [0.05, 0.1) is 6.10 Å². The van der Waals surface area contributed by atoms with Gasteiger partial charge >= 0.3 is 10.4 Å². The Morgan fingerprint density at radius 1 is 1.07 bits per heavy atom. The summed E-state index contributed by atoms with van der Waals surface area (Å²) >= 11 is 0. The molecule has 4 rings (SSSR count). The van der Waals surface area contributed by atoms with Gasteiger partial charge in [0.15, 0.2) is 0 Å². The Morgan fingerprint density at radius 2 is 1.76 bits per heavy atom. The predicted molar refractivity (Wildman–Crippen MR) is 110 cm³/mol. The van der Waals surface area contributed by atoms with Crippen LogP contribution in [0.2, 0.25) is 0 Å². The quantitative estimate of drug-likeness (QED) is 0.276. The minimum Gasteiger partial charge on any atom is -0.264 e. The molecule has 4 saturated carbocycles. The first-order valence-corrected chi connectivity index (χ1v) is 12.6. The fraction of sp³-hybridized carbons (Fsp3) is 1.00. The molecule has 0 amide bonds. The molecule has 4 aliphatic carbocycles. The average Bonchev–Trinajstić information content (AvgIpc) is 2.98. The van der Waals surface area contributed by atoms with Gasteiger partial charge in [-0.3, -0.25) is 4.55 Å². The van der Waals surface area contributed by atoms with Crippen LogP contribution < -0.4 is 0 Å². The van der Waals surface area contributed by atoms with Crippen LogP contribution in [-0.4, -0.2) is 25.1 Å². The normalized spacial score (nSPS) is 48.0. The first-order valence-electron chi connectivity index (χ1n) is 11.3. The van der Waals surface area contributed by atoms with Crippen LogP contribution in [0.1, 0.15) is 78.6 Å². The van der Waals surface area contributed by atoms with Gasteiger partial charge in [-0.1, -0.05) is 25.9 Å². The first kappa shape index (κ1) is 21.4. The Labute approximate surface area is 174 Å². The lowest BCUT2D eigenvalue weighted by Crippen LogP contribution is -2.54. The molecule has 7 nitrogen and oxygen atoms in total. The van der Waals surface area contributed by atoms with E-state index < -0.39 is 10.4 Å². The molecule has 0 bridgehead atoms. The lowest BCUT2D eigenvalue weighted by atomic mass is 9.44. The Kier molecular flexibility index (Phi) is 5.46. The van der Waals surface area contributed by atoms with Crippen molar-refractivity contribution in [1.82, 2.24) is 0 Å². The second-order valence-corrected chi connectivity index (χ2v) is 11.8. The molecule has 0 radical (unpaired) electrons. The summed E-state index contributed by atoms with van der Waals surface area (Å²) in [6, 6.07) is 0.0616. The molecule has 0 aromatic heterocycles. The Balaban J connectivity index is 1.52. The van der Waals surface area contributed by atoms with Crippen molar-refractivity contribution in [2.45, 2.75) is 90.7 Å². The summed E-state index contributed by atoms with van der Waals surface area (Å²) in [7, 11) is -4.38. The monoisotopic (exact) mass is 425 g/mol. The van der Waals surface area contributed by atoms with E-state index in [9.17, 15) is 8.42 Å². The topological polar surface area (TPSA) is 112 Å². The number of azide groups is 1. The highest BCUT2D eigenvalue weighted by atomic mass is 32.3.